The van der Waals surface area contributed by atoms with Crippen LogP contribution in [-0.2, 0) is 0 Å². The molecule has 0 aliphatic carbocycles. The molecule has 35 heavy (non-hydrogen) atoms. The van der Waals surface area contributed by atoms with E-state index in [1.807, 2.05) is 19.9 Å². The van der Waals surface area contributed by atoms with Crippen molar-refractivity contribution in [1.29, 1.82) is 0 Å². The summed E-state index contributed by atoms with van der Waals surface area (Å²) in [6, 6.07) is 9.89. The van der Waals surface area contributed by atoms with Gasteiger partial charge in [-0.25, -0.2) is 9.78 Å². The van der Waals surface area contributed by atoms with Crippen LogP contribution in [0.2, 0.25) is 0 Å². The Morgan fingerprint density at radius 2 is 1.86 bits per heavy atom. The first-order chi connectivity index (χ1) is 16.8. The van der Waals surface area contributed by atoms with Gasteiger partial charge in [0.2, 0.25) is 11.8 Å². The Bertz CT molecular complexity index is 1690. The van der Waals surface area contributed by atoms with Crippen LogP contribution in [0.15, 0.2) is 67.3 Å². The lowest BCUT2D eigenvalue weighted by atomic mass is 9.99. The largest absolute Gasteiger partial charge is 0.455 e. The summed E-state index contributed by atoms with van der Waals surface area (Å²) < 4.78 is 25.3. The molecule has 0 unspecified atom stereocenters. The van der Waals surface area contributed by atoms with Gasteiger partial charge in [0.15, 0.2) is 5.43 Å². The van der Waals surface area contributed by atoms with Crippen molar-refractivity contribution >= 4 is 16.7 Å². The average molecular weight is 473 g/mol. The molecule has 0 fully saturated rings. The molecular weight excluding hydrogens is 453 g/mol. The van der Waals surface area contributed by atoms with Crippen LogP contribution in [-0.4, -0.2) is 20.1 Å². The van der Waals surface area contributed by atoms with Crippen molar-refractivity contribution in [1.82, 2.24) is 20.1 Å². The molecular formula is C25H20FN5O4. The van der Waals surface area contributed by atoms with Crippen molar-refractivity contribution in [3.05, 3.63) is 92.2 Å². The van der Waals surface area contributed by atoms with Crippen LogP contribution < -0.4 is 16.5 Å². The molecule has 0 amide bonds. The molecule has 4 aromatic heterocycles. The van der Waals surface area contributed by atoms with Crippen LogP contribution in [0.4, 0.5) is 10.1 Å². The maximum absolute atomic E-state index is 14.5. The molecule has 2 N–H and O–H groups in total. The normalized spacial score (nSPS) is 12.1. The number of fused-ring (bicyclic) bond motifs is 1. The Labute approximate surface area is 197 Å². The number of nitrogens with zero attached hydrogens (tertiary/aromatic N) is 3. The summed E-state index contributed by atoms with van der Waals surface area (Å²) in [6.45, 7) is 5.38. The summed E-state index contributed by atoms with van der Waals surface area (Å²) >= 11 is 0. The minimum absolute atomic E-state index is 0.112. The predicted octanol–water partition coefficient (Wildman–Crippen LogP) is 4.52. The van der Waals surface area contributed by atoms with Crippen LogP contribution in [0.5, 0.6) is 0 Å². The van der Waals surface area contributed by atoms with Gasteiger partial charge in [0.25, 0.3) is 0 Å². The van der Waals surface area contributed by atoms with Crippen LogP contribution in [0, 0.1) is 19.8 Å². The Morgan fingerprint density at radius 3 is 2.60 bits per heavy atom. The zero-order chi connectivity index (χ0) is 24.7. The Kier molecular flexibility index (Phi) is 5.48. The van der Waals surface area contributed by atoms with Gasteiger partial charge < -0.3 is 9.73 Å². The highest BCUT2D eigenvalue weighted by molar-refractivity contribution is 5.85. The summed E-state index contributed by atoms with van der Waals surface area (Å²) in [5.74, 6) is -1.11. The van der Waals surface area contributed by atoms with Gasteiger partial charge in [-0.3, -0.25) is 19.3 Å². The van der Waals surface area contributed by atoms with Gasteiger partial charge in [0.1, 0.15) is 17.0 Å². The maximum atomic E-state index is 14.5. The molecule has 0 saturated carbocycles. The molecule has 0 radical (unpaired) electrons. The van der Waals surface area contributed by atoms with E-state index in [-0.39, 0.29) is 28.6 Å². The lowest BCUT2D eigenvalue weighted by molar-refractivity contribution is 0.388. The van der Waals surface area contributed by atoms with Gasteiger partial charge in [0, 0.05) is 23.5 Å². The van der Waals surface area contributed by atoms with E-state index in [1.165, 1.54) is 12.3 Å². The summed E-state index contributed by atoms with van der Waals surface area (Å²) in [7, 11) is 0. The third kappa shape index (κ3) is 3.99. The quantitative estimate of drug-likeness (QED) is 0.357. The molecule has 1 atom stereocenters. The minimum Gasteiger partial charge on any atom is -0.455 e. The number of aryl methyl sites for hydroxylation is 1. The number of pyridine rings is 2. The van der Waals surface area contributed by atoms with E-state index < -0.39 is 11.7 Å². The molecule has 0 saturated heterocycles. The third-order valence-corrected chi connectivity index (χ3v) is 5.71. The van der Waals surface area contributed by atoms with Gasteiger partial charge in [-0.2, -0.15) is 4.39 Å². The van der Waals surface area contributed by atoms with Crippen molar-refractivity contribution in [2.45, 2.75) is 26.8 Å². The van der Waals surface area contributed by atoms with E-state index in [0.717, 1.165) is 5.56 Å². The first-order valence-corrected chi connectivity index (χ1v) is 10.8. The first-order valence-electron chi connectivity index (χ1n) is 10.8. The first kappa shape index (κ1) is 22.2. The second-order valence-corrected chi connectivity index (χ2v) is 8.17. The molecule has 0 spiro atoms. The molecule has 0 aliphatic heterocycles. The number of aromatic amines is 1. The van der Waals surface area contributed by atoms with Gasteiger partial charge in [-0.15, -0.1) is 0 Å². The van der Waals surface area contributed by atoms with Crippen molar-refractivity contribution in [2.75, 3.05) is 5.32 Å². The van der Waals surface area contributed by atoms with Crippen molar-refractivity contribution in [2.24, 2.45) is 0 Å². The molecule has 10 heteroatoms. The number of anilines is 1. The zero-order valence-corrected chi connectivity index (χ0v) is 19.0. The number of H-pyrrole nitrogens is 1. The van der Waals surface area contributed by atoms with Gasteiger partial charge >= 0.3 is 5.76 Å². The molecule has 1 aromatic carbocycles. The number of benzene rings is 1. The number of halogens is 1. The van der Waals surface area contributed by atoms with E-state index >= 15 is 0 Å². The molecule has 0 aliphatic rings. The zero-order valence-electron chi connectivity index (χ0n) is 19.0. The second kappa shape index (κ2) is 8.64. The number of rotatable bonds is 5. The summed E-state index contributed by atoms with van der Waals surface area (Å²) in [5, 5.41) is 7.46. The van der Waals surface area contributed by atoms with Crippen LogP contribution in [0.1, 0.15) is 29.7 Å². The van der Waals surface area contributed by atoms with E-state index in [4.69, 9.17) is 4.42 Å². The topological polar surface area (TPSA) is 127 Å². The molecule has 9 nitrogen and oxygen atoms in total. The lowest BCUT2D eigenvalue weighted by Crippen LogP contribution is -2.13. The molecule has 176 valence electrons. The number of hydrogen-bond acceptors (Lipinski definition) is 8. The van der Waals surface area contributed by atoms with Crippen LogP contribution >= 0.6 is 0 Å². The standard InChI is InChI=1S/C25H20FN5O4/c1-12-10-16(14(3)29-18-7-5-8-27-19(18)24-30-25(33)35-31-24)22-17(11-12)20(32)13(2)21(34-22)15-6-4-9-28-23(15)26/h4-11,14,29H,1-3H3,(H,30,31,33)/t14-/m1/s1. The average Bonchev–Trinajstić information content (AvgIpc) is 3.28. The Morgan fingerprint density at radius 1 is 1.09 bits per heavy atom. The number of hydrogen-bond donors (Lipinski definition) is 2. The number of nitrogens with one attached hydrogen (secondary N) is 2. The van der Waals surface area contributed by atoms with Crippen molar-refractivity contribution in [3.8, 4) is 22.8 Å². The minimum atomic E-state index is -0.723. The highest BCUT2D eigenvalue weighted by Gasteiger charge is 2.21. The number of aromatic nitrogens is 4. The SMILES string of the molecule is Cc1cc([C@@H](C)Nc2cccnc2-c2noc(=O)[nH]2)c2oc(-c3cccnc3F)c(C)c(=O)c2c1. The smallest absolute Gasteiger partial charge is 0.439 e. The second-order valence-electron chi connectivity index (χ2n) is 8.17. The maximum Gasteiger partial charge on any atom is 0.439 e. The Hall–Kier alpha value is -4.60. The van der Waals surface area contributed by atoms with E-state index in [0.29, 0.717) is 33.5 Å². The molecule has 5 aromatic rings. The summed E-state index contributed by atoms with van der Waals surface area (Å²) in [4.78, 5) is 35.2. The fourth-order valence-corrected chi connectivity index (χ4v) is 4.05. The van der Waals surface area contributed by atoms with E-state index in [2.05, 4.69) is 29.9 Å². The summed E-state index contributed by atoms with van der Waals surface area (Å²) in [6.07, 6.45) is 2.90. The van der Waals surface area contributed by atoms with Crippen molar-refractivity contribution in [3.63, 3.8) is 0 Å². The highest BCUT2D eigenvalue weighted by Crippen LogP contribution is 2.33. The third-order valence-electron chi connectivity index (χ3n) is 5.71. The fourth-order valence-electron chi connectivity index (χ4n) is 4.05. The Balaban J connectivity index is 1.65. The van der Waals surface area contributed by atoms with Crippen LogP contribution in [0.25, 0.3) is 33.8 Å². The van der Waals surface area contributed by atoms with E-state index in [9.17, 15) is 14.0 Å². The molecule has 4 heterocycles. The predicted molar refractivity (Wildman–Crippen MR) is 128 cm³/mol. The monoisotopic (exact) mass is 473 g/mol. The summed E-state index contributed by atoms with van der Waals surface area (Å²) in [5.41, 5.74) is 3.01. The van der Waals surface area contributed by atoms with Gasteiger partial charge in [-0.1, -0.05) is 11.2 Å². The van der Waals surface area contributed by atoms with Gasteiger partial charge in [-0.05, 0) is 56.7 Å². The van der Waals surface area contributed by atoms with Gasteiger partial charge in [0.05, 0.1) is 22.7 Å². The molecule has 5 rings (SSSR count). The molecule has 0 bridgehead atoms. The van der Waals surface area contributed by atoms with E-state index in [1.54, 1.807) is 37.4 Å². The van der Waals surface area contributed by atoms with Crippen molar-refractivity contribution < 1.29 is 13.3 Å². The van der Waals surface area contributed by atoms with Crippen LogP contribution in [0.3, 0.4) is 0 Å². The highest BCUT2D eigenvalue weighted by atomic mass is 19.1. The lowest BCUT2D eigenvalue weighted by Gasteiger charge is -2.19. The fraction of sp³-hybridized carbons (Fsp3) is 0.160.